The highest BCUT2D eigenvalue weighted by molar-refractivity contribution is 8.17. The predicted molar refractivity (Wildman–Crippen MR) is 103 cm³/mol. The molecule has 0 atom stereocenters. The molecule has 24 heavy (non-hydrogen) atoms. The van der Waals surface area contributed by atoms with Crippen LogP contribution in [0.5, 0.6) is 0 Å². The Labute approximate surface area is 150 Å². The predicted octanol–water partition coefficient (Wildman–Crippen LogP) is 4.13. The first-order chi connectivity index (χ1) is 11.8. The quantitative estimate of drug-likeness (QED) is 0.839. The number of thioether (sulfide) groups is 2. The van der Waals surface area contributed by atoms with Crippen LogP contribution in [0.15, 0.2) is 63.3 Å². The molecule has 2 aromatic rings. The van der Waals surface area contributed by atoms with Crippen LogP contribution >= 0.6 is 23.5 Å². The highest BCUT2D eigenvalue weighted by Crippen LogP contribution is 2.30. The molecule has 3 heterocycles. The minimum absolute atomic E-state index is 0.847. The van der Waals surface area contributed by atoms with Crippen molar-refractivity contribution < 1.29 is 0 Å². The van der Waals surface area contributed by atoms with Gasteiger partial charge in [0.1, 0.15) is 15.9 Å². The number of hydrogen-bond donors (Lipinski definition) is 1. The Morgan fingerprint density at radius 1 is 1.21 bits per heavy atom. The second kappa shape index (κ2) is 6.91. The second-order valence-corrected chi connectivity index (χ2v) is 7.63. The van der Waals surface area contributed by atoms with Gasteiger partial charge in [-0.15, -0.1) is 11.8 Å². The number of allylic oxidation sites excluding steroid dienone is 2. The third kappa shape index (κ3) is 3.30. The van der Waals surface area contributed by atoms with E-state index in [-0.39, 0.29) is 0 Å². The minimum atomic E-state index is 0.847. The van der Waals surface area contributed by atoms with E-state index in [1.165, 1.54) is 16.0 Å². The van der Waals surface area contributed by atoms with Gasteiger partial charge in [-0.2, -0.15) is 5.10 Å². The molecule has 0 spiro atoms. The Hall–Kier alpha value is -1.92. The van der Waals surface area contributed by atoms with Crippen LogP contribution in [0.3, 0.4) is 0 Å². The zero-order chi connectivity index (χ0) is 16.4. The zero-order valence-corrected chi connectivity index (χ0v) is 15.0. The molecule has 0 radical (unpaired) electrons. The van der Waals surface area contributed by atoms with Crippen LogP contribution < -0.4 is 5.43 Å². The molecular formula is C18H18N4S2. The number of imidazole rings is 1. The molecule has 1 aromatic heterocycles. The van der Waals surface area contributed by atoms with Crippen molar-refractivity contribution in [1.82, 2.24) is 15.0 Å². The molecule has 4 nitrogen and oxygen atoms in total. The van der Waals surface area contributed by atoms with E-state index in [1.54, 1.807) is 23.5 Å². The van der Waals surface area contributed by atoms with Crippen molar-refractivity contribution in [1.29, 1.82) is 0 Å². The van der Waals surface area contributed by atoms with E-state index in [0.717, 1.165) is 35.3 Å². The molecular weight excluding hydrogens is 336 g/mol. The summed E-state index contributed by atoms with van der Waals surface area (Å²) in [6, 6.07) is 8.79. The van der Waals surface area contributed by atoms with Gasteiger partial charge in [-0.3, -0.25) is 5.43 Å². The summed E-state index contributed by atoms with van der Waals surface area (Å²) in [5.74, 6) is 1.01. The molecule has 0 bridgehead atoms. The van der Waals surface area contributed by atoms with E-state index in [2.05, 4.69) is 62.8 Å². The molecule has 6 heteroatoms. The van der Waals surface area contributed by atoms with Crippen molar-refractivity contribution in [2.24, 2.45) is 5.10 Å². The van der Waals surface area contributed by atoms with Crippen LogP contribution in [0.1, 0.15) is 17.8 Å². The van der Waals surface area contributed by atoms with Crippen molar-refractivity contribution in [3.05, 3.63) is 64.7 Å². The third-order valence-corrected chi connectivity index (χ3v) is 5.93. The number of hydrazone groups is 1. The summed E-state index contributed by atoms with van der Waals surface area (Å²) in [4.78, 5) is 5.61. The maximum absolute atomic E-state index is 4.49. The van der Waals surface area contributed by atoms with Crippen LogP contribution in [0.2, 0.25) is 0 Å². The van der Waals surface area contributed by atoms with Crippen LogP contribution in [-0.4, -0.2) is 20.9 Å². The average molecular weight is 355 g/mol. The lowest BCUT2D eigenvalue weighted by molar-refractivity contribution is 0.763. The van der Waals surface area contributed by atoms with E-state index in [9.17, 15) is 0 Å². The summed E-state index contributed by atoms with van der Waals surface area (Å²) in [5.41, 5.74) is 5.81. The van der Waals surface area contributed by atoms with E-state index in [0.29, 0.717) is 0 Å². The molecule has 2 aliphatic heterocycles. The van der Waals surface area contributed by atoms with Crippen molar-refractivity contribution >= 4 is 34.6 Å². The SMILES string of the molecule is CSc1ccc(CCC2=NNC(=C3C=Cc4nccn4C3)S2)cc1. The molecule has 0 saturated heterocycles. The molecule has 4 rings (SSSR count). The monoisotopic (exact) mass is 354 g/mol. The standard InChI is InChI=1S/C18H18N4S2/c1-23-15-6-2-13(3-7-15)4-9-17-20-21-18(24-17)14-5-8-16-19-10-11-22(16)12-14/h2-3,5-8,10-11,21H,4,9,12H2,1H3. The number of rotatable bonds is 4. The summed E-state index contributed by atoms with van der Waals surface area (Å²) in [7, 11) is 0. The number of fused-ring (bicyclic) bond motifs is 1. The fourth-order valence-electron chi connectivity index (χ4n) is 2.74. The number of aryl methyl sites for hydroxylation is 1. The Bertz CT molecular complexity index is 831. The molecule has 1 aromatic carbocycles. The largest absolute Gasteiger partial charge is 0.327 e. The Morgan fingerprint density at radius 2 is 2.08 bits per heavy atom. The summed E-state index contributed by atoms with van der Waals surface area (Å²) in [6.07, 6.45) is 12.1. The minimum Gasteiger partial charge on any atom is -0.327 e. The Kier molecular flexibility index (Phi) is 4.49. The molecule has 0 aliphatic carbocycles. The third-order valence-electron chi connectivity index (χ3n) is 4.10. The van der Waals surface area contributed by atoms with Gasteiger partial charge in [0.05, 0.1) is 6.54 Å². The fraction of sp³-hybridized carbons (Fsp3) is 0.222. The summed E-state index contributed by atoms with van der Waals surface area (Å²) < 4.78 is 2.15. The number of benzene rings is 1. The lowest BCUT2D eigenvalue weighted by Gasteiger charge is -2.13. The van der Waals surface area contributed by atoms with Crippen LogP contribution in [-0.2, 0) is 13.0 Å². The van der Waals surface area contributed by atoms with Gasteiger partial charge in [-0.1, -0.05) is 30.0 Å². The lowest BCUT2D eigenvalue weighted by Crippen LogP contribution is -2.10. The maximum atomic E-state index is 4.49. The molecule has 0 fully saturated rings. The van der Waals surface area contributed by atoms with Gasteiger partial charge in [-0.05, 0) is 36.4 Å². The first-order valence-electron chi connectivity index (χ1n) is 7.87. The smallest absolute Gasteiger partial charge is 0.132 e. The zero-order valence-electron chi connectivity index (χ0n) is 13.4. The summed E-state index contributed by atoms with van der Waals surface area (Å²) in [6.45, 7) is 0.847. The van der Waals surface area contributed by atoms with Crippen molar-refractivity contribution in [3.8, 4) is 0 Å². The highest BCUT2D eigenvalue weighted by atomic mass is 32.2. The Morgan fingerprint density at radius 3 is 2.92 bits per heavy atom. The van der Waals surface area contributed by atoms with Crippen molar-refractivity contribution in [3.63, 3.8) is 0 Å². The van der Waals surface area contributed by atoms with Crippen LogP contribution in [0.4, 0.5) is 0 Å². The van der Waals surface area contributed by atoms with Crippen molar-refractivity contribution in [2.75, 3.05) is 6.26 Å². The molecule has 0 saturated carbocycles. The molecule has 1 N–H and O–H groups in total. The number of hydrogen-bond acceptors (Lipinski definition) is 5. The Balaban J connectivity index is 1.37. The maximum Gasteiger partial charge on any atom is 0.132 e. The van der Waals surface area contributed by atoms with E-state index >= 15 is 0 Å². The van der Waals surface area contributed by atoms with Gasteiger partial charge in [0, 0.05) is 29.3 Å². The fourth-order valence-corrected chi connectivity index (χ4v) is 4.03. The molecule has 0 unspecified atom stereocenters. The summed E-state index contributed by atoms with van der Waals surface area (Å²) >= 11 is 3.53. The van der Waals surface area contributed by atoms with Gasteiger partial charge >= 0.3 is 0 Å². The summed E-state index contributed by atoms with van der Waals surface area (Å²) in [5, 5.41) is 6.78. The van der Waals surface area contributed by atoms with Crippen molar-refractivity contribution in [2.45, 2.75) is 24.3 Å². The topological polar surface area (TPSA) is 42.2 Å². The van der Waals surface area contributed by atoms with Gasteiger partial charge in [-0.25, -0.2) is 4.98 Å². The number of aromatic nitrogens is 2. The van der Waals surface area contributed by atoms with Gasteiger partial charge in [0.15, 0.2) is 0 Å². The second-order valence-electron chi connectivity index (χ2n) is 5.67. The lowest BCUT2D eigenvalue weighted by atomic mass is 10.1. The average Bonchev–Trinajstić information content (AvgIpc) is 3.29. The highest BCUT2D eigenvalue weighted by Gasteiger charge is 2.18. The first-order valence-corrected chi connectivity index (χ1v) is 9.91. The van der Waals surface area contributed by atoms with Gasteiger partial charge in [0.2, 0.25) is 0 Å². The van der Waals surface area contributed by atoms with Crippen LogP contribution in [0, 0.1) is 0 Å². The first kappa shape index (κ1) is 15.6. The number of nitrogens with one attached hydrogen (secondary N) is 1. The molecule has 122 valence electrons. The molecule has 2 aliphatic rings. The number of nitrogens with zero attached hydrogens (tertiary/aromatic N) is 3. The normalized spacial score (nSPS) is 19.1. The van der Waals surface area contributed by atoms with E-state index < -0.39 is 0 Å². The van der Waals surface area contributed by atoms with Gasteiger partial charge in [0.25, 0.3) is 0 Å². The van der Waals surface area contributed by atoms with Gasteiger partial charge < -0.3 is 4.57 Å². The van der Waals surface area contributed by atoms with E-state index in [4.69, 9.17) is 0 Å². The molecule has 0 amide bonds. The van der Waals surface area contributed by atoms with E-state index in [1.807, 2.05) is 12.4 Å². The van der Waals surface area contributed by atoms with Crippen LogP contribution in [0.25, 0.3) is 6.08 Å².